The Kier molecular flexibility index (Phi) is 3.66. The molecule has 4 atom stereocenters. The van der Waals surface area contributed by atoms with Crippen molar-refractivity contribution in [3.63, 3.8) is 0 Å². The Balaban J connectivity index is 1.14. The SMILES string of the molecule is COC(=O)CCCC(c1ccccc1)N1C2=Cc3ccc4cc5c6c7c(cc8c9c7c7c%10c%11c(c%12c7c6c4c3-%12)[C@]21CC%11=C[C@H](C=C8)C9%10)C5. The van der Waals surface area contributed by atoms with Crippen molar-refractivity contribution in [3.8, 4) is 11.1 Å². The molecule has 0 saturated carbocycles. The molecular formula is C45H29NO2. The number of esters is 1. The van der Waals surface area contributed by atoms with Gasteiger partial charge in [0.2, 0.25) is 0 Å². The highest BCUT2D eigenvalue weighted by Gasteiger charge is 2.68. The van der Waals surface area contributed by atoms with Gasteiger partial charge in [0.15, 0.2) is 0 Å². The van der Waals surface area contributed by atoms with E-state index in [1.54, 1.807) is 65.7 Å². The van der Waals surface area contributed by atoms with E-state index in [4.69, 9.17) is 4.74 Å². The number of hydrogen-bond donors (Lipinski definition) is 0. The van der Waals surface area contributed by atoms with Gasteiger partial charge in [0.1, 0.15) is 5.54 Å². The summed E-state index contributed by atoms with van der Waals surface area (Å²) in [4.78, 5) is 15.1. The lowest BCUT2D eigenvalue weighted by Gasteiger charge is -2.32. The predicted molar refractivity (Wildman–Crippen MR) is 192 cm³/mol. The maximum atomic E-state index is 12.3. The van der Waals surface area contributed by atoms with Crippen LogP contribution in [0.2, 0.25) is 0 Å². The molecule has 0 radical (unpaired) electrons. The van der Waals surface area contributed by atoms with Gasteiger partial charge in [-0.15, -0.1) is 0 Å². The molecule has 1 aliphatic heterocycles. The van der Waals surface area contributed by atoms with Gasteiger partial charge in [-0.05, 0) is 130 Å². The Morgan fingerprint density at radius 2 is 1.75 bits per heavy atom. The van der Waals surface area contributed by atoms with Crippen molar-refractivity contribution < 1.29 is 9.53 Å². The van der Waals surface area contributed by atoms with Crippen LogP contribution in [0.1, 0.15) is 87.7 Å². The van der Waals surface area contributed by atoms with Crippen LogP contribution in [0, 0.1) is 5.92 Å². The molecule has 1 spiro atoms. The fourth-order valence-electron chi connectivity index (χ4n) is 12.4. The molecule has 1 heterocycles. The zero-order valence-electron chi connectivity index (χ0n) is 26.5. The van der Waals surface area contributed by atoms with E-state index in [1.165, 1.54) is 57.0 Å². The maximum Gasteiger partial charge on any atom is 0.305 e. The minimum Gasteiger partial charge on any atom is -0.469 e. The van der Waals surface area contributed by atoms with Crippen LogP contribution in [0.15, 0.2) is 72.4 Å². The minimum absolute atomic E-state index is 0.121. The Bertz CT molecular complexity index is 2830. The summed E-state index contributed by atoms with van der Waals surface area (Å²) in [5, 5.41) is 12.4. The molecule has 3 nitrogen and oxygen atoms in total. The summed E-state index contributed by atoms with van der Waals surface area (Å²) >= 11 is 0. The molecule has 14 rings (SSSR count). The Labute approximate surface area is 276 Å². The summed E-state index contributed by atoms with van der Waals surface area (Å²) in [6.45, 7) is 0. The van der Waals surface area contributed by atoms with Gasteiger partial charge in [0.25, 0.3) is 0 Å². The van der Waals surface area contributed by atoms with E-state index >= 15 is 0 Å². The van der Waals surface area contributed by atoms with Crippen LogP contribution in [0.25, 0.3) is 71.9 Å². The molecule has 6 aromatic rings. The van der Waals surface area contributed by atoms with Crippen molar-refractivity contribution in [2.45, 2.75) is 49.6 Å². The number of allylic oxidation sites excluding steroid dienone is 2. The van der Waals surface area contributed by atoms with E-state index in [9.17, 15) is 4.79 Å². The molecule has 1 saturated heterocycles. The van der Waals surface area contributed by atoms with E-state index in [2.05, 4.69) is 83.8 Å². The highest BCUT2D eigenvalue weighted by atomic mass is 16.5. The average Bonchev–Trinajstić information content (AvgIpc) is 3.49. The first-order valence-corrected chi connectivity index (χ1v) is 17.8. The van der Waals surface area contributed by atoms with E-state index in [0.717, 1.165) is 25.7 Å². The molecule has 0 N–H and O–H groups in total. The third-order valence-electron chi connectivity index (χ3n) is 13.8. The quantitative estimate of drug-likeness (QED) is 0.106. The van der Waals surface area contributed by atoms with E-state index < -0.39 is 0 Å². The number of ether oxygens (including phenoxy) is 1. The molecular weight excluding hydrogens is 587 g/mol. The third-order valence-corrected chi connectivity index (χ3v) is 13.8. The van der Waals surface area contributed by atoms with Gasteiger partial charge in [-0.2, -0.15) is 0 Å². The second kappa shape index (κ2) is 7.29. The standard InChI is InChI=1S/C45H29NO2/c1-48-30(47)9-5-8-28(20-6-3-2-4-7-20)46-29-18-24-13-12-22-15-26-17-25-14-21-10-11-23-16-27-19-45(29,46)44-37(27)40-32(23)31(21)38-35(25)36(26)39-33(22)34(24)43(44)42(39)41(38)40/h2-4,6-7,10-16,18,23,28,32H,5,8-9,17,19H2,1H3/t23-,28?,32?,45-,46?/m0/s1. The van der Waals surface area contributed by atoms with Crippen molar-refractivity contribution in [2.75, 3.05) is 7.11 Å². The van der Waals surface area contributed by atoms with Gasteiger partial charge >= 0.3 is 5.97 Å². The number of carbonyl (C=O) groups is 1. The predicted octanol–water partition coefficient (Wildman–Crippen LogP) is 10.0. The zero-order chi connectivity index (χ0) is 30.9. The van der Waals surface area contributed by atoms with E-state index in [0.29, 0.717) is 18.3 Å². The van der Waals surface area contributed by atoms with E-state index in [1.807, 2.05) is 0 Å². The lowest BCUT2D eigenvalue weighted by Crippen LogP contribution is -2.20. The number of benzene rings is 6. The molecule has 48 heavy (non-hydrogen) atoms. The van der Waals surface area contributed by atoms with Gasteiger partial charge in [0, 0.05) is 35.9 Å². The Morgan fingerprint density at radius 1 is 0.896 bits per heavy atom. The number of rotatable bonds is 6. The Hall–Kier alpha value is -5.15. The zero-order valence-corrected chi connectivity index (χ0v) is 26.5. The summed E-state index contributed by atoms with van der Waals surface area (Å²) in [5.41, 5.74) is 19.6. The lowest BCUT2D eigenvalue weighted by atomic mass is 9.71. The third kappa shape index (κ3) is 2.25. The summed E-state index contributed by atoms with van der Waals surface area (Å²) in [6, 6.07) is 21.2. The largest absolute Gasteiger partial charge is 0.469 e. The van der Waals surface area contributed by atoms with Crippen molar-refractivity contribution in [3.05, 3.63) is 123 Å². The molecule has 3 heteroatoms. The number of methoxy groups -OCH3 is 1. The summed E-state index contributed by atoms with van der Waals surface area (Å²) in [7, 11) is 1.50. The first-order chi connectivity index (χ1) is 23.7. The number of hydrogen-bond acceptors (Lipinski definition) is 3. The van der Waals surface area contributed by atoms with Crippen LogP contribution >= 0.6 is 0 Å². The second-order valence-corrected chi connectivity index (χ2v) is 15.6. The highest BCUT2D eigenvalue weighted by Crippen LogP contribution is 2.76. The van der Waals surface area contributed by atoms with Crippen molar-refractivity contribution >= 4 is 66.8 Å². The van der Waals surface area contributed by atoms with Crippen LogP contribution in [-0.2, 0) is 21.5 Å². The fourth-order valence-corrected chi connectivity index (χ4v) is 12.4. The van der Waals surface area contributed by atoms with Crippen molar-refractivity contribution in [1.29, 1.82) is 0 Å². The van der Waals surface area contributed by atoms with Gasteiger partial charge in [-0.1, -0.05) is 72.8 Å². The number of carbonyl (C=O) groups excluding carboxylic acids is 1. The Morgan fingerprint density at radius 3 is 2.65 bits per heavy atom. The molecule has 0 bridgehead atoms. The van der Waals surface area contributed by atoms with Crippen LogP contribution in [0.4, 0.5) is 0 Å². The monoisotopic (exact) mass is 615 g/mol. The molecule has 1 fully saturated rings. The van der Waals surface area contributed by atoms with Gasteiger partial charge in [-0.3, -0.25) is 4.79 Å². The molecule has 0 aromatic heterocycles. The first kappa shape index (κ1) is 24.1. The number of nitrogens with zero attached hydrogens (tertiary/aromatic N) is 1. The topological polar surface area (TPSA) is 29.3 Å². The summed E-state index contributed by atoms with van der Waals surface area (Å²) in [6.07, 6.45) is 14.5. The van der Waals surface area contributed by atoms with Crippen molar-refractivity contribution in [2.24, 2.45) is 5.92 Å². The summed E-state index contributed by atoms with van der Waals surface area (Å²) < 4.78 is 5.07. The molecule has 0 amide bonds. The van der Waals surface area contributed by atoms with Gasteiger partial charge < -0.3 is 9.64 Å². The molecule has 7 aliphatic carbocycles. The average molecular weight is 616 g/mol. The maximum absolute atomic E-state index is 12.3. The van der Waals surface area contributed by atoms with E-state index in [-0.39, 0.29) is 17.6 Å². The molecule has 8 aliphatic rings. The van der Waals surface area contributed by atoms with Crippen LogP contribution in [0.3, 0.4) is 0 Å². The molecule has 2 unspecified atom stereocenters. The van der Waals surface area contributed by atoms with Crippen molar-refractivity contribution in [1.82, 2.24) is 4.90 Å². The molecule has 6 aromatic carbocycles. The second-order valence-electron chi connectivity index (χ2n) is 15.6. The van der Waals surface area contributed by atoms with Crippen LogP contribution in [0.5, 0.6) is 0 Å². The van der Waals surface area contributed by atoms with Gasteiger partial charge in [-0.25, -0.2) is 0 Å². The first-order valence-electron chi connectivity index (χ1n) is 17.8. The smallest absolute Gasteiger partial charge is 0.305 e. The molecule has 226 valence electrons. The lowest BCUT2D eigenvalue weighted by molar-refractivity contribution is -0.140. The normalized spacial score (nSPS) is 24.2. The summed E-state index contributed by atoms with van der Waals surface area (Å²) in [5.74, 6) is 0.707. The minimum atomic E-state index is -0.162. The van der Waals surface area contributed by atoms with Gasteiger partial charge in [0.05, 0.1) is 13.2 Å². The fraction of sp³-hybridized carbons (Fsp3) is 0.222. The highest BCUT2D eigenvalue weighted by molar-refractivity contribution is 6.44. The van der Waals surface area contributed by atoms with Crippen LogP contribution < -0.4 is 0 Å². The van der Waals surface area contributed by atoms with Crippen LogP contribution in [-0.4, -0.2) is 18.0 Å².